The number of rotatable bonds is 4. The molecule has 0 saturated heterocycles. The number of halogens is 1. The van der Waals surface area contributed by atoms with Gasteiger partial charge in [0.15, 0.2) is 0 Å². The molecule has 5 heteroatoms. The lowest BCUT2D eigenvalue weighted by Crippen LogP contribution is -2.37. The fraction of sp³-hybridized carbons (Fsp3) is 0.571. The molecule has 1 rings (SSSR count). The van der Waals surface area contributed by atoms with E-state index in [1.54, 1.807) is 32.4 Å². The molecule has 110 valence electrons. The van der Waals surface area contributed by atoms with Crippen molar-refractivity contribution in [2.24, 2.45) is 11.1 Å². The molecule has 19 heavy (non-hydrogen) atoms. The third-order valence-electron chi connectivity index (χ3n) is 3.02. The quantitative estimate of drug-likeness (QED) is 0.894. The summed E-state index contributed by atoms with van der Waals surface area (Å²) in [5.74, 6) is 1.36. The van der Waals surface area contributed by atoms with Gasteiger partial charge in [-0.25, -0.2) is 0 Å². The van der Waals surface area contributed by atoms with Crippen LogP contribution in [0.4, 0.5) is 0 Å². The van der Waals surface area contributed by atoms with Crippen molar-refractivity contribution < 1.29 is 14.6 Å². The zero-order chi connectivity index (χ0) is 13.9. The number of benzene rings is 1. The third-order valence-corrected chi connectivity index (χ3v) is 3.02. The Hall–Kier alpha value is -0.970. The van der Waals surface area contributed by atoms with Crippen LogP contribution in [0.3, 0.4) is 0 Å². The predicted molar refractivity (Wildman–Crippen MR) is 79.2 cm³/mol. The molecule has 0 saturated carbocycles. The van der Waals surface area contributed by atoms with Gasteiger partial charge in [-0.1, -0.05) is 20.8 Å². The number of hydrogen-bond donors (Lipinski definition) is 2. The van der Waals surface area contributed by atoms with E-state index in [1.165, 1.54) is 0 Å². The summed E-state index contributed by atoms with van der Waals surface area (Å²) in [7, 11) is 3.18. The zero-order valence-corrected chi connectivity index (χ0v) is 13.0. The summed E-state index contributed by atoms with van der Waals surface area (Å²) in [5, 5.41) is 10.3. The molecular formula is C14H24ClNO3. The first-order chi connectivity index (χ1) is 8.31. The van der Waals surface area contributed by atoms with Gasteiger partial charge in [-0.3, -0.25) is 0 Å². The summed E-state index contributed by atoms with van der Waals surface area (Å²) >= 11 is 0. The first-order valence-electron chi connectivity index (χ1n) is 5.96. The van der Waals surface area contributed by atoms with Crippen molar-refractivity contribution in [3.8, 4) is 11.5 Å². The minimum absolute atomic E-state index is 0. The van der Waals surface area contributed by atoms with E-state index < -0.39 is 12.1 Å². The largest absolute Gasteiger partial charge is 0.497 e. The van der Waals surface area contributed by atoms with Gasteiger partial charge in [-0.05, 0) is 23.6 Å². The molecule has 1 aromatic rings. The topological polar surface area (TPSA) is 64.7 Å². The lowest BCUT2D eigenvalue weighted by molar-refractivity contribution is 0.0394. The van der Waals surface area contributed by atoms with Crippen LogP contribution in [-0.4, -0.2) is 25.4 Å². The van der Waals surface area contributed by atoms with Gasteiger partial charge in [-0.15, -0.1) is 12.4 Å². The van der Waals surface area contributed by atoms with Crippen LogP contribution in [0.2, 0.25) is 0 Å². The second-order valence-corrected chi connectivity index (χ2v) is 5.44. The zero-order valence-electron chi connectivity index (χ0n) is 12.1. The molecule has 0 unspecified atom stereocenters. The number of aliphatic hydroxyl groups excluding tert-OH is 1. The molecule has 0 aliphatic carbocycles. The lowest BCUT2D eigenvalue weighted by atomic mass is 9.82. The van der Waals surface area contributed by atoms with E-state index in [9.17, 15) is 5.11 Å². The van der Waals surface area contributed by atoms with E-state index in [0.29, 0.717) is 11.5 Å². The minimum Gasteiger partial charge on any atom is -0.497 e. The summed E-state index contributed by atoms with van der Waals surface area (Å²) in [6.45, 7) is 5.85. The Kier molecular flexibility index (Phi) is 6.63. The summed E-state index contributed by atoms with van der Waals surface area (Å²) in [5.41, 5.74) is 6.59. The highest BCUT2D eigenvalue weighted by atomic mass is 35.5. The van der Waals surface area contributed by atoms with Crippen molar-refractivity contribution in [2.45, 2.75) is 32.9 Å². The van der Waals surface area contributed by atoms with Crippen LogP contribution in [0.5, 0.6) is 11.5 Å². The number of ether oxygens (including phenoxy) is 2. The molecule has 0 aromatic heterocycles. The summed E-state index contributed by atoms with van der Waals surface area (Å²) < 4.78 is 10.5. The van der Waals surface area contributed by atoms with Crippen molar-refractivity contribution in [2.75, 3.05) is 14.2 Å². The van der Waals surface area contributed by atoms with Gasteiger partial charge in [0, 0.05) is 5.56 Å². The highest BCUT2D eigenvalue weighted by Crippen LogP contribution is 2.34. The molecule has 0 aliphatic rings. The van der Waals surface area contributed by atoms with Crippen LogP contribution >= 0.6 is 12.4 Å². The normalized spacial score (nSPS) is 14.3. The molecule has 0 fully saturated rings. The maximum Gasteiger partial charge on any atom is 0.123 e. The van der Waals surface area contributed by atoms with Gasteiger partial charge >= 0.3 is 0 Å². The van der Waals surface area contributed by atoms with Crippen molar-refractivity contribution in [1.82, 2.24) is 0 Å². The Bertz CT molecular complexity index is 404. The maximum atomic E-state index is 10.3. The van der Waals surface area contributed by atoms with E-state index in [0.717, 1.165) is 5.56 Å². The van der Waals surface area contributed by atoms with Crippen molar-refractivity contribution in [3.63, 3.8) is 0 Å². The SMILES string of the molecule is COc1ccc(OC)c([C@H](N)[C@H](O)C(C)(C)C)c1.Cl. The van der Waals surface area contributed by atoms with Gasteiger partial charge in [0.1, 0.15) is 11.5 Å². The lowest BCUT2D eigenvalue weighted by Gasteiger charge is -2.31. The Balaban J connectivity index is 0.00000324. The maximum absolute atomic E-state index is 10.3. The Morgan fingerprint density at radius 1 is 1.16 bits per heavy atom. The van der Waals surface area contributed by atoms with Gasteiger partial charge in [0.25, 0.3) is 0 Å². The van der Waals surface area contributed by atoms with Crippen LogP contribution in [0.1, 0.15) is 32.4 Å². The van der Waals surface area contributed by atoms with Crippen molar-refractivity contribution in [3.05, 3.63) is 23.8 Å². The molecule has 4 nitrogen and oxygen atoms in total. The van der Waals surface area contributed by atoms with Crippen LogP contribution in [0.25, 0.3) is 0 Å². The molecule has 0 heterocycles. The number of hydrogen-bond acceptors (Lipinski definition) is 4. The Morgan fingerprint density at radius 3 is 2.16 bits per heavy atom. The van der Waals surface area contributed by atoms with Gasteiger partial charge in [0.05, 0.1) is 26.4 Å². The van der Waals surface area contributed by atoms with Gasteiger partial charge in [0.2, 0.25) is 0 Å². The summed E-state index contributed by atoms with van der Waals surface area (Å²) in [4.78, 5) is 0. The van der Waals surface area contributed by atoms with Crippen LogP contribution < -0.4 is 15.2 Å². The molecule has 0 bridgehead atoms. The first kappa shape index (κ1) is 18.0. The minimum atomic E-state index is -0.668. The van der Waals surface area contributed by atoms with E-state index in [-0.39, 0.29) is 17.8 Å². The molecule has 1 aromatic carbocycles. The number of methoxy groups -OCH3 is 2. The number of aliphatic hydroxyl groups is 1. The van der Waals surface area contributed by atoms with E-state index in [4.69, 9.17) is 15.2 Å². The highest BCUT2D eigenvalue weighted by molar-refractivity contribution is 5.85. The third kappa shape index (κ3) is 4.27. The molecular weight excluding hydrogens is 266 g/mol. The predicted octanol–water partition coefficient (Wildman–Crippen LogP) is 2.53. The molecule has 0 spiro atoms. The monoisotopic (exact) mass is 289 g/mol. The molecule has 2 atom stereocenters. The fourth-order valence-electron chi connectivity index (χ4n) is 1.81. The summed E-state index contributed by atoms with van der Waals surface area (Å²) in [6.07, 6.45) is -0.668. The first-order valence-corrected chi connectivity index (χ1v) is 5.96. The van der Waals surface area contributed by atoms with Crippen molar-refractivity contribution in [1.29, 1.82) is 0 Å². The second kappa shape index (κ2) is 6.98. The fourth-order valence-corrected chi connectivity index (χ4v) is 1.81. The van der Waals surface area contributed by atoms with Crippen LogP contribution in [0.15, 0.2) is 18.2 Å². The molecule has 0 amide bonds. The molecule has 0 aliphatic heterocycles. The van der Waals surface area contributed by atoms with E-state index in [2.05, 4.69) is 0 Å². The van der Waals surface area contributed by atoms with E-state index in [1.807, 2.05) is 20.8 Å². The average molecular weight is 290 g/mol. The summed E-state index contributed by atoms with van der Waals surface area (Å²) in [6, 6.07) is 4.88. The van der Waals surface area contributed by atoms with Gasteiger partial charge < -0.3 is 20.3 Å². The molecule has 3 N–H and O–H groups in total. The van der Waals surface area contributed by atoms with Crippen LogP contribution in [0, 0.1) is 5.41 Å². The second-order valence-electron chi connectivity index (χ2n) is 5.44. The smallest absolute Gasteiger partial charge is 0.123 e. The van der Waals surface area contributed by atoms with Crippen molar-refractivity contribution >= 4 is 12.4 Å². The average Bonchev–Trinajstić information content (AvgIpc) is 2.35. The number of nitrogens with two attached hydrogens (primary N) is 1. The molecule has 0 radical (unpaired) electrons. The van der Waals surface area contributed by atoms with Crippen LogP contribution in [-0.2, 0) is 0 Å². The highest BCUT2D eigenvalue weighted by Gasteiger charge is 2.30. The standard InChI is InChI=1S/C14H23NO3.ClH/c1-14(2,3)13(16)12(15)10-8-9(17-4)6-7-11(10)18-5;/h6-8,12-13,16H,15H2,1-5H3;1H/t12-,13-;/m0./s1. The Labute approximate surface area is 121 Å². The van der Waals surface area contributed by atoms with E-state index >= 15 is 0 Å². The van der Waals surface area contributed by atoms with Gasteiger partial charge in [-0.2, -0.15) is 0 Å². The Morgan fingerprint density at radius 2 is 1.74 bits per heavy atom.